The number of benzene rings is 2. The van der Waals surface area contributed by atoms with Crippen LogP contribution in [0.5, 0.6) is 5.75 Å². The molecule has 0 atom stereocenters. The topological polar surface area (TPSA) is 81.5 Å². The number of nitrogens with one attached hydrogen (secondary N) is 1. The zero-order valence-corrected chi connectivity index (χ0v) is 14.0. The minimum absolute atomic E-state index is 0.0799. The summed E-state index contributed by atoms with van der Waals surface area (Å²) in [7, 11) is 0. The molecule has 2 rings (SSSR count). The average Bonchev–Trinajstić information content (AvgIpc) is 2.48. The molecule has 2 aromatic carbocycles. The number of carbonyl (C=O) groups is 1. The molecule has 2 aromatic rings. The quantitative estimate of drug-likeness (QED) is 0.442. The highest BCUT2D eigenvalue weighted by molar-refractivity contribution is 14.1. The van der Waals surface area contributed by atoms with E-state index in [-0.39, 0.29) is 29.0 Å². The van der Waals surface area contributed by atoms with Gasteiger partial charge >= 0.3 is 0 Å². The highest BCUT2D eigenvalue weighted by Gasteiger charge is 2.11. The van der Waals surface area contributed by atoms with Crippen molar-refractivity contribution in [1.29, 1.82) is 0 Å². The van der Waals surface area contributed by atoms with Gasteiger partial charge in [-0.25, -0.2) is 0 Å². The van der Waals surface area contributed by atoms with E-state index in [4.69, 9.17) is 16.3 Å². The van der Waals surface area contributed by atoms with Gasteiger partial charge in [0.1, 0.15) is 5.75 Å². The van der Waals surface area contributed by atoms with E-state index in [1.165, 1.54) is 18.2 Å². The predicted molar refractivity (Wildman–Crippen MR) is 91.4 cm³/mol. The normalized spacial score (nSPS) is 10.1. The number of halogens is 2. The van der Waals surface area contributed by atoms with Crippen LogP contribution < -0.4 is 10.1 Å². The SMILES string of the molecule is O=C(COc1ccc([N+](=O)[O-])cc1Cl)Nc1ccc(I)cc1. The monoisotopic (exact) mass is 432 g/mol. The molecular weight excluding hydrogens is 423 g/mol. The third-order valence-electron chi connectivity index (χ3n) is 2.61. The number of nitro benzene ring substituents is 1. The molecule has 0 radical (unpaired) electrons. The van der Waals surface area contributed by atoms with Crippen LogP contribution in [0.3, 0.4) is 0 Å². The number of ether oxygens (including phenoxy) is 1. The molecule has 0 bridgehead atoms. The molecular formula is C14H10ClIN2O4. The average molecular weight is 433 g/mol. The van der Waals surface area contributed by atoms with Crippen LogP contribution in [-0.2, 0) is 4.79 Å². The van der Waals surface area contributed by atoms with Crippen LogP contribution in [0.4, 0.5) is 11.4 Å². The Balaban J connectivity index is 1.93. The van der Waals surface area contributed by atoms with Gasteiger partial charge in [-0.1, -0.05) is 11.6 Å². The van der Waals surface area contributed by atoms with Crippen molar-refractivity contribution < 1.29 is 14.5 Å². The van der Waals surface area contributed by atoms with Gasteiger partial charge in [0.2, 0.25) is 0 Å². The molecule has 0 aliphatic heterocycles. The molecule has 0 aliphatic rings. The lowest BCUT2D eigenvalue weighted by molar-refractivity contribution is -0.384. The van der Waals surface area contributed by atoms with E-state index >= 15 is 0 Å². The highest BCUT2D eigenvalue weighted by atomic mass is 127. The predicted octanol–water partition coefficient (Wildman–Crippen LogP) is 3.87. The smallest absolute Gasteiger partial charge is 0.271 e. The lowest BCUT2D eigenvalue weighted by Gasteiger charge is -2.08. The van der Waals surface area contributed by atoms with E-state index in [0.29, 0.717) is 5.69 Å². The van der Waals surface area contributed by atoms with Gasteiger partial charge in [-0.3, -0.25) is 14.9 Å². The Hall–Kier alpha value is -1.87. The molecule has 0 heterocycles. The Labute approximate surface area is 144 Å². The Morgan fingerprint density at radius 2 is 1.95 bits per heavy atom. The molecule has 114 valence electrons. The Kier molecular flexibility index (Phi) is 5.56. The molecule has 22 heavy (non-hydrogen) atoms. The number of non-ortho nitro benzene ring substituents is 1. The van der Waals surface area contributed by atoms with Crippen molar-refractivity contribution in [2.24, 2.45) is 0 Å². The molecule has 0 spiro atoms. The second kappa shape index (κ2) is 7.41. The van der Waals surface area contributed by atoms with Crippen molar-refractivity contribution in [3.05, 3.63) is 61.2 Å². The molecule has 0 fully saturated rings. The summed E-state index contributed by atoms with van der Waals surface area (Å²) in [6.45, 7) is -0.247. The zero-order chi connectivity index (χ0) is 16.1. The van der Waals surface area contributed by atoms with Crippen LogP contribution in [0.1, 0.15) is 0 Å². The number of anilines is 1. The molecule has 8 heteroatoms. The second-order valence-electron chi connectivity index (χ2n) is 4.22. The largest absolute Gasteiger partial charge is 0.482 e. The van der Waals surface area contributed by atoms with Crippen LogP contribution >= 0.6 is 34.2 Å². The number of nitro groups is 1. The van der Waals surface area contributed by atoms with Gasteiger partial charge in [0.15, 0.2) is 6.61 Å². The number of amides is 1. The lowest BCUT2D eigenvalue weighted by Crippen LogP contribution is -2.20. The van der Waals surface area contributed by atoms with Crippen molar-refractivity contribution in [3.63, 3.8) is 0 Å². The maximum Gasteiger partial charge on any atom is 0.271 e. The van der Waals surface area contributed by atoms with E-state index in [1.807, 2.05) is 12.1 Å². The fourth-order valence-electron chi connectivity index (χ4n) is 1.59. The zero-order valence-electron chi connectivity index (χ0n) is 11.1. The van der Waals surface area contributed by atoms with Crippen molar-refractivity contribution in [2.45, 2.75) is 0 Å². The van der Waals surface area contributed by atoms with E-state index < -0.39 is 4.92 Å². The van der Waals surface area contributed by atoms with Crippen molar-refractivity contribution >= 4 is 51.5 Å². The van der Waals surface area contributed by atoms with E-state index in [2.05, 4.69) is 27.9 Å². The molecule has 0 aromatic heterocycles. The Morgan fingerprint density at radius 1 is 1.27 bits per heavy atom. The lowest BCUT2D eigenvalue weighted by atomic mass is 10.3. The number of hydrogen-bond donors (Lipinski definition) is 1. The van der Waals surface area contributed by atoms with Crippen LogP contribution in [0, 0.1) is 13.7 Å². The van der Waals surface area contributed by atoms with Gasteiger partial charge in [-0.15, -0.1) is 0 Å². The van der Waals surface area contributed by atoms with Gasteiger partial charge in [0.05, 0.1) is 9.95 Å². The second-order valence-corrected chi connectivity index (χ2v) is 5.87. The van der Waals surface area contributed by atoms with Crippen LogP contribution in [0.15, 0.2) is 42.5 Å². The Bertz CT molecular complexity index is 706. The van der Waals surface area contributed by atoms with Crippen molar-refractivity contribution in [3.8, 4) is 5.75 Å². The van der Waals surface area contributed by atoms with Gasteiger partial charge in [0, 0.05) is 21.4 Å². The molecule has 0 saturated heterocycles. The standard InChI is InChI=1S/C14H10ClIN2O4/c15-12-7-11(18(20)21)5-6-13(12)22-8-14(19)17-10-3-1-9(16)2-4-10/h1-7H,8H2,(H,17,19). The van der Waals surface area contributed by atoms with Gasteiger partial charge in [-0.05, 0) is 52.9 Å². The molecule has 0 aliphatic carbocycles. The Morgan fingerprint density at radius 3 is 2.55 bits per heavy atom. The summed E-state index contributed by atoms with van der Waals surface area (Å²) in [5, 5.41) is 13.3. The van der Waals surface area contributed by atoms with Crippen molar-refractivity contribution in [1.82, 2.24) is 0 Å². The number of hydrogen-bond acceptors (Lipinski definition) is 4. The highest BCUT2D eigenvalue weighted by Crippen LogP contribution is 2.28. The minimum Gasteiger partial charge on any atom is -0.482 e. The van der Waals surface area contributed by atoms with Gasteiger partial charge in [0.25, 0.3) is 11.6 Å². The van der Waals surface area contributed by atoms with Crippen LogP contribution in [0.2, 0.25) is 5.02 Å². The number of carbonyl (C=O) groups excluding carboxylic acids is 1. The summed E-state index contributed by atoms with van der Waals surface area (Å²) in [6, 6.07) is 11.1. The summed E-state index contributed by atoms with van der Waals surface area (Å²) in [6.07, 6.45) is 0. The summed E-state index contributed by atoms with van der Waals surface area (Å²) in [4.78, 5) is 21.8. The fourth-order valence-corrected chi connectivity index (χ4v) is 2.18. The van der Waals surface area contributed by atoms with E-state index in [9.17, 15) is 14.9 Å². The van der Waals surface area contributed by atoms with Crippen molar-refractivity contribution in [2.75, 3.05) is 11.9 Å². The van der Waals surface area contributed by atoms with Gasteiger partial charge in [-0.2, -0.15) is 0 Å². The van der Waals surface area contributed by atoms with Crippen LogP contribution in [0.25, 0.3) is 0 Å². The maximum absolute atomic E-state index is 11.8. The van der Waals surface area contributed by atoms with Crippen LogP contribution in [-0.4, -0.2) is 17.4 Å². The first-order valence-corrected chi connectivity index (χ1v) is 7.53. The number of nitrogens with zero attached hydrogens (tertiary/aromatic N) is 1. The summed E-state index contributed by atoms with van der Waals surface area (Å²) < 4.78 is 6.32. The first-order chi connectivity index (χ1) is 10.5. The minimum atomic E-state index is -0.556. The maximum atomic E-state index is 11.8. The fraction of sp³-hybridized carbons (Fsp3) is 0.0714. The third kappa shape index (κ3) is 4.57. The summed E-state index contributed by atoms with van der Waals surface area (Å²) in [5.74, 6) is -0.138. The van der Waals surface area contributed by atoms with E-state index in [1.54, 1.807) is 12.1 Å². The molecule has 0 unspecified atom stereocenters. The summed E-state index contributed by atoms with van der Waals surface area (Å²) in [5.41, 5.74) is 0.518. The molecule has 6 nitrogen and oxygen atoms in total. The third-order valence-corrected chi connectivity index (χ3v) is 3.63. The first-order valence-electron chi connectivity index (χ1n) is 6.08. The van der Waals surface area contributed by atoms with Gasteiger partial charge < -0.3 is 10.1 Å². The number of rotatable bonds is 5. The molecule has 1 N–H and O–H groups in total. The van der Waals surface area contributed by atoms with E-state index in [0.717, 1.165) is 3.57 Å². The molecule has 1 amide bonds. The molecule has 0 saturated carbocycles. The first kappa shape index (κ1) is 16.5. The summed E-state index contributed by atoms with van der Waals surface area (Å²) >= 11 is 8.04.